The minimum Gasteiger partial charge on any atom is -0.397 e. The molecule has 0 amide bonds. The topological polar surface area (TPSA) is 26.0 Å². The molecule has 3 heteroatoms. The lowest BCUT2D eigenvalue weighted by Gasteiger charge is -1.95. The second-order valence-electron chi connectivity index (χ2n) is 1.35. The van der Waals surface area contributed by atoms with Crippen LogP contribution in [0, 0.1) is 0 Å². The molecule has 0 aromatic carbocycles. The molecule has 0 saturated heterocycles. The molecular formula is C5H7ClIN. The fraction of sp³-hybridized carbons (Fsp3) is 0.200. The molecule has 0 fully saturated rings. The molecule has 0 aromatic rings. The van der Waals surface area contributed by atoms with E-state index in [1.165, 1.54) is 0 Å². The normalized spacial score (nSPS) is 12.9. The van der Waals surface area contributed by atoms with E-state index in [1.54, 1.807) is 6.92 Å². The first-order valence-electron chi connectivity index (χ1n) is 2.02. The molecule has 1 nitrogen and oxygen atoms in total. The van der Waals surface area contributed by atoms with E-state index in [2.05, 4.69) is 6.58 Å². The smallest absolute Gasteiger partial charge is 0.0588 e. The van der Waals surface area contributed by atoms with Gasteiger partial charge in [0.25, 0.3) is 0 Å². The van der Waals surface area contributed by atoms with Gasteiger partial charge in [-0.25, -0.2) is 0 Å². The number of nitrogens with two attached hydrogens (primary N) is 1. The standard InChI is InChI=1S/C5H7ClIN/c1-3(6)5(8)4(2)7/h2,8H2,1H3/b5-3-. The molecule has 2 N–H and O–H groups in total. The van der Waals surface area contributed by atoms with Gasteiger partial charge in [0.2, 0.25) is 0 Å². The Morgan fingerprint density at radius 2 is 2.12 bits per heavy atom. The Morgan fingerprint density at radius 1 is 1.75 bits per heavy atom. The van der Waals surface area contributed by atoms with E-state index in [0.29, 0.717) is 10.7 Å². The van der Waals surface area contributed by atoms with Crippen LogP contribution in [0.15, 0.2) is 20.9 Å². The lowest BCUT2D eigenvalue weighted by atomic mass is 10.4. The first kappa shape index (κ1) is 8.30. The maximum atomic E-state index is 5.51. The Kier molecular flexibility index (Phi) is 3.48. The number of rotatable bonds is 1. The summed E-state index contributed by atoms with van der Waals surface area (Å²) in [5, 5.41) is 0.601. The molecule has 0 rings (SSSR count). The number of allylic oxidation sites excluding steroid dienone is 2. The third-order valence-corrected chi connectivity index (χ3v) is 1.45. The zero-order valence-electron chi connectivity index (χ0n) is 4.54. The van der Waals surface area contributed by atoms with Gasteiger partial charge < -0.3 is 5.73 Å². The number of halogens is 2. The van der Waals surface area contributed by atoms with E-state index in [4.69, 9.17) is 17.3 Å². The van der Waals surface area contributed by atoms with Crippen LogP contribution in [-0.4, -0.2) is 0 Å². The molecule has 0 aliphatic rings. The minimum atomic E-state index is 0.576. The number of hydrogen-bond donors (Lipinski definition) is 1. The molecule has 46 valence electrons. The van der Waals surface area contributed by atoms with Crippen molar-refractivity contribution in [3.8, 4) is 0 Å². The van der Waals surface area contributed by atoms with Crippen molar-refractivity contribution >= 4 is 34.2 Å². The molecule has 0 saturated carbocycles. The van der Waals surface area contributed by atoms with Gasteiger partial charge in [0.1, 0.15) is 0 Å². The Labute approximate surface area is 67.7 Å². The zero-order valence-corrected chi connectivity index (χ0v) is 7.45. The highest BCUT2D eigenvalue weighted by molar-refractivity contribution is 14.1. The monoisotopic (exact) mass is 243 g/mol. The molecule has 8 heavy (non-hydrogen) atoms. The molecule has 0 spiro atoms. The van der Waals surface area contributed by atoms with E-state index >= 15 is 0 Å². The van der Waals surface area contributed by atoms with Gasteiger partial charge >= 0.3 is 0 Å². The van der Waals surface area contributed by atoms with E-state index in [9.17, 15) is 0 Å². The SMILES string of the molecule is C=C(I)/C(N)=C(\C)Cl. The summed E-state index contributed by atoms with van der Waals surface area (Å²) in [5.74, 6) is 0. The van der Waals surface area contributed by atoms with Crippen molar-refractivity contribution in [2.45, 2.75) is 6.92 Å². The Balaban J connectivity index is 4.23. The maximum absolute atomic E-state index is 5.51. The minimum absolute atomic E-state index is 0.576. The predicted octanol–water partition coefficient (Wildman–Crippen LogP) is 2.36. The fourth-order valence-corrected chi connectivity index (χ4v) is 0.865. The molecule has 0 aromatic heterocycles. The molecule has 0 bridgehead atoms. The second kappa shape index (κ2) is 3.35. The number of hydrogen-bond acceptors (Lipinski definition) is 1. The van der Waals surface area contributed by atoms with Crippen LogP contribution >= 0.6 is 34.2 Å². The highest BCUT2D eigenvalue weighted by Crippen LogP contribution is 2.15. The van der Waals surface area contributed by atoms with Crippen molar-refractivity contribution < 1.29 is 0 Å². The van der Waals surface area contributed by atoms with Gasteiger partial charge in [0, 0.05) is 8.61 Å². The van der Waals surface area contributed by atoms with Crippen LogP contribution in [0.3, 0.4) is 0 Å². The van der Waals surface area contributed by atoms with Gasteiger partial charge in [-0.3, -0.25) is 0 Å². The second-order valence-corrected chi connectivity index (χ2v) is 3.22. The first-order chi connectivity index (χ1) is 3.55. The summed E-state index contributed by atoms with van der Waals surface area (Å²) in [7, 11) is 0. The van der Waals surface area contributed by atoms with Crippen LogP contribution in [0.25, 0.3) is 0 Å². The third-order valence-electron chi connectivity index (χ3n) is 0.663. The highest BCUT2D eigenvalue weighted by atomic mass is 127. The van der Waals surface area contributed by atoms with E-state index in [1.807, 2.05) is 22.6 Å². The van der Waals surface area contributed by atoms with Gasteiger partial charge in [-0.1, -0.05) is 18.2 Å². The summed E-state index contributed by atoms with van der Waals surface area (Å²) in [6, 6.07) is 0. The highest BCUT2D eigenvalue weighted by Gasteiger charge is 1.93. The summed E-state index contributed by atoms with van der Waals surface area (Å²) in [6.07, 6.45) is 0. The molecular weight excluding hydrogens is 236 g/mol. The molecule has 0 radical (unpaired) electrons. The van der Waals surface area contributed by atoms with E-state index in [-0.39, 0.29) is 0 Å². The molecule has 0 unspecified atom stereocenters. The van der Waals surface area contributed by atoms with Crippen LogP contribution in [0.2, 0.25) is 0 Å². The van der Waals surface area contributed by atoms with Gasteiger partial charge in [-0.05, 0) is 29.5 Å². The van der Waals surface area contributed by atoms with E-state index < -0.39 is 0 Å². The molecule has 0 aliphatic carbocycles. The summed E-state index contributed by atoms with van der Waals surface area (Å²) in [5.41, 5.74) is 5.98. The Morgan fingerprint density at radius 3 is 2.12 bits per heavy atom. The van der Waals surface area contributed by atoms with Gasteiger partial charge in [0.15, 0.2) is 0 Å². The quantitative estimate of drug-likeness (QED) is 0.555. The van der Waals surface area contributed by atoms with Crippen molar-refractivity contribution in [2.24, 2.45) is 5.73 Å². The van der Waals surface area contributed by atoms with Crippen molar-refractivity contribution in [1.29, 1.82) is 0 Å². The molecule has 0 aliphatic heterocycles. The fourth-order valence-electron chi connectivity index (χ4n) is 0.187. The van der Waals surface area contributed by atoms with Crippen LogP contribution < -0.4 is 5.73 Å². The largest absolute Gasteiger partial charge is 0.397 e. The average Bonchev–Trinajstić information content (AvgIpc) is 1.64. The molecule has 0 heterocycles. The predicted molar refractivity (Wildman–Crippen MR) is 45.9 cm³/mol. The van der Waals surface area contributed by atoms with Crippen molar-refractivity contribution in [3.05, 3.63) is 20.9 Å². The lowest BCUT2D eigenvalue weighted by Crippen LogP contribution is -1.96. The zero-order chi connectivity index (χ0) is 6.73. The summed E-state index contributed by atoms with van der Waals surface area (Å²) < 4.78 is 0.787. The third kappa shape index (κ3) is 2.57. The van der Waals surface area contributed by atoms with Crippen LogP contribution in [0.5, 0.6) is 0 Å². The summed E-state index contributed by atoms with van der Waals surface area (Å²) >= 11 is 7.53. The average molecular weight is 243 g/mol. The maximum Gasteiger partial charge on any atom is 0.0588 e. The van der Waals surface area contributed by atoms with Gasteiger partial charge in [0.05, 0.1) is 5.70 Å². The van der Waals surface area contributed by atoms with Crippen LogP contribution in [-0.2, 0) is 0 Å². The Bertz CT molecular complexity index is 135. The van der Waals surface area contributed by atoms with Crippen molar-refractivity contribution in [2.75, 3.05) is 0 Å². The lowest BCUT2D eigenvalue weighted by molar-refractivity contribution is 1.37. The van der Waals surface area contributed by atoms with E-state index in [0.717, 1.165) is 3.58 Å². The van der Waals surface area contributed by atoms with Crippen LogP contribution in [0.1, 0.15) is 6.92 Å². The van der Waals surface area contributed by atoms with Crippen molar-refractivity contribution in [1.82, 2.24) is 0 Å². The first-order valence-corrected chi connectivity index (χ1v) is 3.48. The summed E-state index contributed by atoms with van der Waals surface area (Å²) in [4.78, 5) is 0. The summed E-state index contributed by atoms with van der Waals surface area (Å²) in [6.45, 7) is 5.33. The van der Waals surface area contributed by atoms with Crippen molar-refractivity contribution in [3.63, 3.8) is 0 Å². The molecule has 0 atom stereocenters. The van der Waals surface area contributed by atoms with Crippen LogP contribution in [0.4, 0.5) is 0 Å². The van der Waals surface area contributed by atoms with Gasteiger partial charge in [-0.2, -0.15) is 0 Å². The Hall–Kier alpha value is 0.300. The van der Waals surface area contributed by atoms with Gasteiger partial charge in [-0.15, -0.1) is 0 Å².